The molecule has 1 aliphatic carbocycles. The first kappa shape index (κ1) is 6.60. The van der Waals surface area contributed by atoms with Gasteiger partial charge in [0.05, 0.1) is 0 Å². The first-order valence-corrected chi connectivity index (χ1v) is 3.55. The summed E-state index contributed by atoms with van der Waals surface area (Å²) in [6.07, 6.45) is 4.52. The van der Waals surface area contributed by atoms with Crippen molar-refractivity contribution >= 4 is 0 Å². The van der Waals surface area contributed by atoms with Gasteiger partial charge in [-0.05, 0) is 31.3 Å². The van der Waals surface area contributed by atoms with Gasteiger partial charge in [0.1, 0.15) is 0 Å². The summed E-state index contributed by atoms with van der Waals surface area (Å²) in [4.78, 5) is 0. The van der Waals surface area contributed by atoms with Crippen molar-refractivity contribution in [3.05, 3.63) is 23.8 Å². The molecule has 0 aromatic rings. The first-order valence-electron chi connectivity index (χ1n) is 3.55. The minimum Gasteiger partial charge on any atom is -0.0988 e. The number of hydrogen-bond acceptors (Lipinski definition) is 0. The van der Waals surface area contributed by atoms with Gasteiger partial charge in [0, 0.05) is 0 Å². The van der Waals surface area contributed by atoms with Gasteiger partial charge in [0.2, 0.25) is 0 Å². The van der Waals surface area contributed by atoms with E-state index in [0.29, 0.717) is 0 Å². The van der Waals surface area contributed by atoms with Crippen LogP contribution in [0.15, 0.2) is 23.8 Å². The Hall–Kier alpha value is -0.520. The molecular weight excluding hydrogens is 108 g/mol. The molecule has 0 aliphatic heterocycles. The summed E-state index contributed by atoms with van der Waals surface area (Å²) in [5.74, 6) is 0.859. The van der Waals surface area contributed by atoms with Gasteiger partial charge >= 0.3 is 0 Å². The molecule has 0 nitrogen and oxygen atoms in total. The van der Waals surface area contributed by atoms with Crippen LogP contribution in [-0.2, 0) is 0 Å². The Balaban J connectivity index is 2.69. The van der Waals surface area contributed by atoms with E-state index < -0.39 is 0 Å². The van der Waals surface area contributed by atoms with Crippen molar-refractivity contribution in [3.63, 3.8) is 0 Å². The van der Waals surface area contributed by atoms with Crippen LogP contribution in [-0.4, -0.2) is 0 Å². The molecule has 0 saturated carbocycles. The fourth-order valence-electron chi connectivity index (χ4n) is 1.53. The zero-order chi connectivity index (χ0) is 6.85. The lowest BCUT2D eigenvalue weighted by Crippen LogP contribution is -1.83. The van der Waals surface area contributed by atoms with Crippen molar-refractivity contribution < 1.29 is 0 Å². The first-order chi connectivity index (χ1) is 4.24. The van der Waals surface area contributed by atoms with E-state index in [1.807, 2.05) is 6.08 Å². The zero-order valence-electron chi connectivity index (χ0n) is 6.28. The van der Waals surface area contributed by atoms with Gasteiger partial charge in [0.25, 0.3) is 0 Å². The van der Waals surface area contributed by atoms with E-state index >= 15 is 0 Å². The largest absolute Gasteiger partial charge is 0.0988 e. The quantitative estimate of drug-likeness (QED) is 0.501. The molecule has 1 rings (SSSR count). The molecule has 0 saturated heterocycles. The van der Waals surface area contributed by atoms with Gasteiger partial charge in [-0.3, -0.25) is 0 Å². The van der Waals surface area contributed by atoms with E-state index in [1.54, 1.807) is 0 Å². The van der Waals surface area contributed by atoms with Gasteiger partial charge < -0.3 is 0 Å². The molecule has 0 heteroatoms. The SMILES string of the molecule is C=CC1=C(C)CC(C)C1. The van der Waals surface area contributed by atoms with E-state index in [9.17, 15) is 0 Å². The Bertz CT molecular complexity index is 151. The molecule has 0 spiro atoms. The van der Waals surface area contributed by atoms with Crippen LogP contribution in [0.1, 0.15) is 26.7 Å². The average Bonchev–Trinajstić information content (AvgIpc) is 2.10. The summed E-state index contributed by atoms with van der Waals surface area (Å²) in [6.45, 7) is 8.27. The van der Waals surface area contributed by atoms with Gasteiger partial charge in [-0.1, -0.05) is 25.2 Å². The second-order valence-electron chi connectivity index (χ2n) is 3.02. The van der Waals surface area contributed by atoms with Crippen LogP contribution in [0.3, 0.4) is 0 Å². The molecule has 1 unspecified atom stereocenters. The smallest absolute Gasteiger partial charge is 0.0251 e. The van der Waals surface area contributed by atoms with Gasteiger partial charge in [-0.25, -0.2) is 0 Å². The third-order valence-electron chi connectivity index (χ3n) is 2.02. The molecule has 0 N–H and O–H groups in total. The van der Waals surface area contributed by atoms with Crippen molar-refractivity contribution in [3.8, 4) is 0 Å². The van der Waals surface area contributed by atoms with Gasteiger partial charge in [-0.15, -0.1) is 0 Å². The Morgan fingerprint density at radius 3 is 2.44 bits per heavy atom. The number of allylic oxidation sites excluding steroid dienone is 3. The Morgan fingerprint density at radius 2 is 2.22 bits per heavy atom. The molecule has 0 fully saturated rings. The molecule has 50 valence electrons. The minimum atomic E-state index is 0.859. The van der Waals surface area contributed by atoms with Crippen LogP contribution >= 0.6 is 0 Å². The molecule has 0 radical (unpaired) electrons. The highest BCUT2D eigenvalue weighted by Gasteiger charge is 2.14. The lowest BCUT2D eigenvalue weighted by molar-refractivity contribution is 0.623. The molecular formula is C9H14. The molecule has 0 aromatic carbocycles. The highest BCUT2D eigenvalue weighted by atomic mass is 14.2. The summed E-state index contributed by atoms with van der Waals surface area (Å²) in [5.41, 5.74) is 3.01. The maximum absolute atomic E-state index is 3.77. The van der Waals surface area contributed by atoms with Crippen LogP contribution in [0.5, 0.6) is 0 Å². The van der Waals surface area contributed by atoms with E-state index in [2.05, 4.69) is 20.4 Å². The molecule has 0 amide bonds. The van der Waals surface area contributed by atoms with Gasteiger partial charge in [-0.2, -0.15) is 0 Å². The maximum Gasteiger partial charge on any atom is -0.0251 e. The fraction of sp³-hybridized carbons (Fsp3) is 0.556. The standard InChI is InChI=1S/C9H14/c1-4-9-6-7(2)5-8(9)3/h4,7H,1,5-6H2,2-3H3. The summed E-state index contributed by atoms with van der Waals surface area (Å²) >= 11 is 0. The van der Waals surface area contributed by atoms with E-state index in [-0.39, 0.29) is 0 Å². The zero-order valence-corrected chi connectivity index (χ0v) is 6.28. The predicted octanol–water partition coefficient (Wildman–Crippen LogP) is 2.92. The minimum absolute atomic E-state index is 0.859. The van der Waals surface area contributed by atoms with Gasteiger partial charge in [0.15, 0.2) is 0 Å². The maximum atomic E-state index is 3.77. The number of hydrogen-bond donors (Lipinski definition) is 0. The lowest BCUT2D eigenvalue weighted by Gasteiger charge is -1.96. The van der Waals surface area contributed by atoms with Crippen LogP contribution in [0.2, 0.25) is 0 Å². The topological polar surface area (TPSA) is 0 Å². The Kier molecular flexibility index (Phi) is 1.75. The third-order valence-corrected chi connectivity index (χ3v) is 2.02. The second-order valence-corrected chi connectivity index (χ2v) is 3.02. The van der Waals surface area contributed by atoms with E-state index in [1.165, 1.54) is 24.0 Å². The summed E-state index contributed by atoms with van der Waals surface area (Å²) in [7, 11) is 0. The second kappa shape index (κ2) is 2.38. The molecule has 0 bridgehead atoms. The fourth-order valence-corrected chi connectivity index (χ4v) is 1.53. The van der Waals surface area contributed by atoms with Crippen molar-refractivity contribution in [2.45, 2.75) is 26.7 Å². The molecule has 0 heterocycles. The monoisotopic (exact) mass is 122 g/mol. The number of rotatable bonds is 1. The normalized spacial score (nSPS) is 27.1. The van der Waals surface area contributed by atoms with Crippen molar-refractivity contribution in [2.24, 2.45) is 5.92 Å². The van der Waals surface area contributed by atoms with Crippen LogP contribution in [0.4, 0.5) is 0 Å². The molecule has 1 aliphatic rings. The average molecular weight is 122 g/mol. The predicted molar refractivity (Wildman–Crippen MR) is 41.3 cm³/mol. The summed E-state index contributed by atoms with van der Waals surface area (Å²) in [5, 5.41) is 0. The lowest BCUT2D eigenvalue weighted by atomic mass is 10.1. The van der Waals surface area contributed by atoms with Crippen LogP contribution in [0.25, 0.3) is 0 Å². The third kappa shape index (κ3) is 1.24. The summed E-state index contributed by atoms with van der Waals surface area (Å²) in [6, 6.07) is 0. The van der Waals surface area contributed by atoms with Crippen molar-refractivity contribution in [1.82, 2.24) is 0 Å². The summed E-state index contributed by atoms with van der Waals surface area (Å²) < 4.78 is 0. The van der Waals surface area contributed by atoms with E-state index in [4.69, 9.17) is 0 Å². The highest BCUT2D eigenvalue weighted by Crippen LogP contribution is 2.30. The molecule has 1 atom stereocenters. The molecule has 0 aromatic heterocycles. The molecule has 9 heavy (non-hydrogen) atoms. The van der Waals surface area contributed by atoms with E-state index in [0.717, 1.165) is 5.92 Å². The highest BCUT2D eigenvalue weighted by molar-refractivity contribution is 5.27. The van der Waals surface area contributed by atoms with Crippen molar-refractivity contribution in [1.29, 1.82) is 0 Å². The van der Waals surface area contributed by atoms with Crippen molar-refractivity contribution in [2.75, 3.05) is 0 Å². The van der Waals surface area contributed by atoms with Crippen LogP contribution in [0, 0.1) is 5.92 Å². The Labute approximate surface area is 57.3 Å². The van der Waals surface area contributed by atoms with Crippen LogP contribution < -0.4 is 0 Å². The Morgan fingerprint density at radius 1 is 1.56 bits per heavy atom.